The molecule has 0 bridgehead atoms. The Morgan fingerprint density at radius 2 is 1.72 bits per heavy atom. The molecule has 6 nitrogen and oxygen atoms in total. The zero-order chi connectivity index (χ0) is 18.9. The fourth-order valence-electron chi connectivity index (χ4n) is 2.59. The minimum absolute atomic E-state index is 0.0926. The molecule has 0 heterocycles. The zero-order valence-corrected chi connectivity index (χ0v) is 16.6. The van der Waals surface area contributed by atoms with Gasteiger partial charge in [0, 0.05) is 26.1 Å². The number of anilines is 2. The first-order valence-electron chi connectivity index (χ1n) is 9.08. The molecule has 0 aliphatic rings. The van der Waals surface area contributed by atoms with Crippen LogP contribution in [0.2, 0.25) is 0 Å². The number of amides is 1. The number of benzene rings is 1. The van der Waals surface area contributed by atoms with Gasteiger partial charge in [-0.2, -0.15) is 4.31 Å². The third kappa shape index (κ3) is 6.01. The van der Waals surface area contributed by atoms with Crippen LogP contribution in [0.25, 0.3) is 0 Å². The van der Waals surface area contributed by atoms with Crippen LogP contribution in [0.5, 0.6) is 0 Å². The van der Waals surface area contributed by atoms with E-state index in [2.05, 4.69) is 17.6 Å². The Bertz CT molecular complexity index is 656. The van der Waals surface area contributed by atoms with Crippen molar-refractivity contribution in [2.24, 2.45) is 0 Å². The second-order valence-electron chi connectivity index (χ2n) is 5.83. The minimum atomic E-state index is -3.56. The number of rotatable bonds is 11. The summed E-state index contributed by atoms with van der Waals surface area (Å²) in [5.41, 5.74) is 1.24. The second kappa shape index (κ2) is 10.4. The Hall–Kier alpha value is -1.60. The summed E-state index contributed by atoms with van der Waals surface area (Å²) >= 11 is 0. The van der Waals surface area contributed by atoms with E-state index >= 15 is 0 Å². The van der Waals surface area contributed by atoms with Crippen LogP contribution >= 0.6 is 0 Å². The van der Waals surface area contributed by atoms with Crippen LogP contribution in [-0.2, 0) is 14.8 Å². The molecule has 1 amide bonds. The topological polar surface area (TPSA) is 78.5 Å². The lowest BCUT2D eigenvalue weighted by Crippen LogP contribution is -2.30. The first-order chi connectivity index (χ1) is 11.9. The number of hydrogen-bond donors (Lipinski definition) is 2. The highest BCUT2D eigenvalue weighted by Gasteiger charge is 2.23. The first-order valence-corrected chi connectivity index (χ1v) is 10.5. The molecule has 0 unspecified atom stereocenters. The Labute approximate surface area is 152 Å². The second-order valence-corrected chi connectivity index (χ2v) is 7.77. The number of nitrogens with one attached hydrogen (secondary N) is 2. The summed E-state index contributed by atoms with van der Waals surface area (Å²) in [5.74, 6) is -0.0926. The van der Waals surface area contributed by atoms with Gasteiger partial charge in [-0.15, -0.1) is 0 Å². The number of nitrogens with zero attached hydrogens (tertiary/aromatic N) is 1. The number of sulfonamides is 1. The van der Waals surface area contributed by atoms with Gasteiger partial charge in [-0.1, -0.05) is 33.6 Å². The lowest BCUT2D eigenvalue weighted by Gasteiger charge is -2.20. The summed E-state index contributed by atoms with van der Waals surface area (Å²) in [4.78, 5) is 12.3. The predicted octanol–water partition coefficient (Wildman–Crippen LogP) is 3.67. The summed E-state index contributed by atoms with van der Waals surface area (Å²) in [7, 11) is -3.56. The molecule has 2 N–H and O–H groups in total. The van der Waals surface area contributed by atoms with Gasteiger partial charge in [-0.25, -0.2) is 8.42 Å². The van der Waals surface area contributed by atoms with Crippen LogP contribution in [0.15, 0.2) is 23.1 Å². The fourth-order valence-corrected chi connectivity index (χ4v) is 4.08. The molecular weight excluding hydrogens is 338 g/mol. The molecule has 0 saturated heterocycles. The molecule has 0 spiro atoms. The van der Waals surface area contributed by atoms with Gasteiger partial charge in [0.2, 0.25) is 15.9 Å². The van der Waals surface area contributed by atoms with Gasteiger partial charge in [0.15, 0.2) is 0 Å². The molecule has 1 rings (SSSR count). The quantitative estimate of drug-likeness (QED) is 0.583. The Kier molecular flexibility index (Phi) is 8.92. The fraction of sp³-hybridized carbons (Fsp3) is 0.611. The SMILES string of the molecule is CCCCCC(=O)Nc1cc(S(=O)(=O)N(CC)CC)ccc1NCC. The molecular formula is C18H31N3O3S. The van der Waals surface area contributed by atoms with E-state index in [4.69, 9.17) is 0 Å². The predicted molar refractivity (Wildman–Crippen MR) is 103 cm³/mol. The van der Waals surface area contributed by atoms with E-state index in [1.165, 1.54) is 4.31 Å². The minimum Gasteiger partial charge on any atom is -0.384 e. The van der Waals surface area contributed by atoms with Crippen molar-refractivity contribution in [2.45, 2.75) is 58.3 Å². The van der Waals surface area contributed by atoms with Crippen molar-refractivity contribution >= 4 is 27.3 Å². The molecule has 142 valence electrons. The summed E-state index contributed by atoms with van der Waals surface area (Å²) in [6.45, 7) is 9.16. The summed E-state index contributed by atoms with van der Waals surface area (Å²) in [6, 6.07) is 4.84. The lowest BCUT2D eigenvalue weighted by molar-refractivity contribution is -0.116. The maximum atomic E-state index is 12.7. The number of carbonyl (C=O) groups is 1. The Morgan fingerprint density at radius 3 is 2.28 bits per heavy atom. The molecule has 0 saturated carbocycles. The van der Waals surface area contributed by atoms with Crippen molar-refractivity contribution in [3.63, 3.8) is 0 Å². The van der Waals surface area contributed by atoms with Crippen LogP contribution in [0.4, 0.5) is 11.4 Å². The largest absolute Gasteiger partial charge is 0.384 e. The Balaban J connectivity index is 3.10. The molecule has 0 aromatic heterocycles. The van der Waals surface area contributed by atoms with Crippen LogP contribution in [0, 0.1) is 0 Å². The maximum absolute atomic E-state index is 12.7. The van der Waals surface area contributed by atoms with Gasteiger partial charge in [-0.3, -0.25) is 4.79 Å². The van der Waals surface area contributed by atoms with Crippen LogP contribution < -0.4 is 10.6 Å². The molecule has 0 fully saturated rings. The molecule has 0 aliphatic heterocycles. The van der Waals surface area contributed by atoms with Crippen molar-refractivity contribution in [1.82, 2.24) is 4.31 Å². The van der Waals surface area contributed by atoms with Gasteiger partial charge in [-0.05, 0) is 31.5 Å². The third-order valence-electron chi connectivity index (χ3n) is 3.98. The molecule has 1 aromatic rings. The van der Waals surface area contributed by atoms with Crippen molar-refractivity contribution < 1.29 is 13.2 Å². The average molecular weight is 370 g/mol. The van der Waals surface area contributed by atoms with Crippen molar-refractivity contribution in [1.29, 1.82) is 0 Å². The highest BCUT2D eigenvalue weighted by atomic mass is 32.2. The highest BCUT2D eigenvalue weighted by Crippen LogP contribution is 2.27. The summed E-state index contributed by atoms with van der Waals surface area (Å²) < 4.78 is 26.8. The van der Waals surface area contributed by atoms with Crippen molar-refractivity contribution in [3.05, 3.63) is 18.2 Å². The normalized spacial score (nSPS) is 11.6. The molecule has 25 heavy (non-hydrogen) atoms. The lowest BCUT2D eigenvalue weighted by atomic mass is 10.2. The molecule has 0 radical (unpaired) electrons. The van der Waals surface area contributed by atoms with Gasteiger partial charge < -0.3 is 10.6 Å². The summed E-state index contributed by atoms with van der Waals surface area (Å²) in [6.07, 6.45) is 3.32. The molecule has 0 aliphatic carbocycles. The van der Waals surface area contributed by atoms with Crippen LogP contribution in [-0.4, -0.2) is 38.3 Å². The van der Waals surface area contributed by atoms with Gasteiger partial charge in [0.25, 0.3) is 0 Å². The smallest absolute Gasteiger partial charge is 0.243 e. The van der Waals surface area contributed by atoms with E-state index in [-0.39, 0.29) is 10.8 Å². The number of unbranched alkanes of at least 4 members (excludes halogenated alkanes) is 2. The van der Waals surface area contributed by atoms with E-state index < -0.39 is 10.0 Å². The first kappa shape index (κ1) is 21.4. The zero-order valence-electron chi connectivity index (χ0n) is 15.8. The van der Waals surface area contributed by atoms with Crippen LogP contribution in [0.1, 0.15) is 53.4 Å². The molecule has 0 atom stereocenters. The van der Waals surface area contributed by atoms with Crippen LogP contribution in [0.3, 0.4) is 0 Å². The molecule has 1 aromatic carbocycles. The van der Waals surface area contributed by atoms with Gasteiger partial charge in [0.05, 0.1) is 16.3 Å². The van der Waals surface area contributed by atoms with E-state index in [0.717, 1.165) is 24.9 Å². The maximum Gasteiger partial charge on any atom is 0.243 e. The third-order valence-corrected chi connectivity index (χ3v) is 6.03. The molecule has 7 heteroatoms. The van der Waals surface area contributed by atoms with E-state index in [1.54, 1.807) is 18.2 Å². The monoisotopic (exact) mass is 369 g/mol. The van der Waals surface area contributed by atoms with E-state index in [0.29, 0.717) is 31.7 Å². The Morgan fingerprint density at radius 1 is 1.04 bits per heavy atom. The van der Waals surface area contributed by atoms with E-state index in [1.807, 2.05) is 20.8 Å². The standard InChI is InChI=1S/C18H31N3O3S/c1-5-9-10-11-18(22)20-17-14-15(12-13-16(17)19-6-2)25(23,24)21(7-3)8-4/h12-14,19H,5-11H2,1-4H3,(H,20,22). The number of carbonyl (C=O) groups excluding carboxylic acids is 1. The highest BCUT2D eigenvalue weighted by molar-refractivity contribution is 7.89. The average Bonchev–Trinajstić information content (AvgIpc) is 2.57. The van der Waals surface area contributed by atoms with Crippen molar-refractivity contribution in [3.8, 4) is 0 Å². The number of hydrogen-bond acceptors (Lipinski definition) is 4. The summed E-state index contributed by atoms with van der Waals surface area (Å²) in [5, 5.41) is 6.02. The van der Waals surface area contributed by atoms with Crippen molar-refractivity contribution in [2.75, 3.05) is 30.3 Å². The van der Waals surface area contributed by atoms with Gasteiger partial charge in [0.1, 0.15) is 0 Å². The van der Waals surface area contributed by atoms with E-state index in [9.17, 15) is 13.2 Å². The van der Waals surface area contributed by atoms with Gasteiger partial charge >= 0.3 is 0 Å².